The van der Waals surface area contributed by atoms with E-state index < -0.39 is 11.6 Å². The SMILES string of the molecule is NNc1ccc(C(=O)N2CCC(N3Cc4cnc(Nc5cc(F)cc(F)c5)nc4C3)CC2)cc1. The highest BCUT2D eigenvalue weighted by Gasteiger charge is 2.31. The number of amides is 1. The number of hydrogen-bond acceptors (Lipinski definition) is 7. The lowest BCUT2D eigenvalue weighted by atomic mass is 10.0. The Labute approximate surface area is 195 Å². The molecular weight excluding hydrogens is 440 g/mol. The third kappa shape index (κ3) is 4.68. The average molecular weight is 466 g/mol. The van der Waals surface area contributed by atoms with Crippen LogP contribution in [0.5, 0.6) is 0 Å². The molecule has 0 spiro atoms. The van der Waals surface area contributed by atoms with Crippen LogP contribution in [-0.2, 0) is 13.1 Å². The second-order valence-corrected chi connectivity index (χ2v) is 8.60. The number of piperidine rings is 1. The summed E-state index contributed by atoms with van der Waals surface area (Å²) in [7, 11) is 0. The first-order chi connectivity index (χ1) is 16.5. The number of nitrogens with two attached hydrogens (primary N) is 1. The Bertz CT molecular complexity index is 1180. The van der Waals surface area contributed by atoms with Gasteiger partial charge in [-0.1, -0.05) is 0 Å². The van der Waals surface area contributed by atoms with Gasteiger partial charge in [0.25, 0.3) is 5.91 Å². The standard InChI is InChI=1S/C24H25F2N7O/c25-17-9-18(26)11-20(10-17)29-24-28-12-16-13-33(14-22(16)30-24)21-5-7-32(8-6-21)23(34)15-1-3-19(31-27)4-2-15/h1-4,9-12,21,31H,5-8,13-14,27H2,(H,28,29,30). The van der Waals surface area contributed by atoms with Crippen LogP contribution in [0.3, 0.4) is 0 Å². The van der Waals surface area contributed by atoms with Crippen LogP contribution in [0.1, 0.15) is 34.5 Å². The quantitative estimate of drug-likeness (QED) is 0.392. The van der Waals surface area contributed by atoms with Gasteiger partial charge in [0.1, 0.15) is 11.6 Å². The molecule has 0 unspecified atom stereocenters. The fraction of sp³-hybridized carbons (Fsp3) is 0.292. The lowest BCUT2D eigenvalue weighted by molar-refractivity contribution is 0.0613. The van der Waals surface area contributed by atoms with Crippen molar-refractivity contribution in [1.82, 2.24) is 19.8 Å². The van der Waals surface area contributed by atoms with E-state index >= 15 is 0 Å². The molecule has 34 heavy (non-hydrogen) atoms. The fourth-order valence-corrected chi connectivity index (χ4v) is 4.58. The van der Waals surface area contributed by atoms with E-state index in [2.05, 4.69) is 25.6 Å². The van der Waals surface area contributed by atoms with E-state index in [4.69, 9.17) is 5.84 Å². The number of rotatable bonds is 5. The van der Waals surface area contributed by atoms with E-state index in [0.29, 0.717) is 37.2 Å². The molecule has 1 saturated heterocycles. The highest BCUT2D eigenvalue weighted by molar-refractivity contribution is 5.94. The number of aromatic nitrogens is 2. The third-order valence-corrected chi connectivity index (χ3v) is 6.37. The minimum absolute atomic E-state index is 0.0297. The summed E-state index contributed by atoms with van der Waals surface area (Å²) in [6.07, 6.45) is 3.52. The molecule has 5 rings (SSSR count). The van der Waals surface area contributed by atoms with E-state index in [-0.39, 0.29) is 11.6 Å². The van der Waals surface area contributed by atoms with Crippen molar-refractivity contribution in [3.8, 4) is 0 Å². The third-order valence-electron chi connectivity index (χ3n) is 6.37. The van der Waals surface area contributed by atoms with Gasteiger partial charge < -0.3 is 15.6 Å². The number of carbonyl (C=O) groups excluding carboxylic acids is 1. The number of nitrogens with one attached hydrogen (secondary N) is 2. The van der Waals surface area contributed by atoms with Gasteiger partial charge >= 0.3 is 0 Å². The molecule has 4 N–H and O–H groups in total. The molecule has 2 aliphatic heterocycles. The molecule has 8 nitrogen and oxygen atoms in total. The first-order valence-electron chi connectivity index (χ1n) is 11.2. The average Bonchev–Trinajstić information content (AvgIpc) is 3.26. The highest BCUT2D eigenvalue weighted by atomic mass is 19.1. The summed E-state index contributed by atoms with van der Waals surface area (Å²) in [5.74, 6) is 4.40. The molecule has 0 atom stereocenters. The van der Waals surface area contributed by atoms with Crippen LogP contribution >= 0.6 is 0 Å². The largest absolute Gasteiger partial charge is 0.339 e. The Hall–Kier alpha value is -3.63. The van der Waals surface area contributed by atoms with E-state index in [1.807, 2.05) is 4.90 Å². The molecular formula is C24H25F2N7O. The minimum atomic E-state index is -0.663. The van der Waals surface area contributed by atoms with Gasteiger partial charge in [-0.2, -0.15) is 0 Å². The monoisotopic (exact) mass is 465 g/mol. The number of benzene rings is 2. The summed E-state index contributed by atoms with van der Waals surface area (Å²) in [5.41, 5.74) is 6.18. The molecule has 2 aliphatic rings. The maximum atomic E-state index is 13.5. The summed E-state index contributed by atoms with van der Waals surface area (Å²) >= 11 is 0. The van der Waals surface area contributed by atoms with Crippen molar-refractivity contribution in [1.29, 1.82) is 0 Å². The van der Waals surface area contributed by atoms with Gasteiger partial charge in [0.15, 0.2) is 0 Å². The van der Waals surface area contributed by atoms with Crippen LogP contribution < -0.4 is 16.6 Å². The van der Waals surface area contributed by atoms with Crippen LogP contribution in [0.25, 0.3) is 0 Å². The van der Waals surface area contributed by atoms with Crippen LogP contribution in [0, 0.1) is 11.6 Å². The first-order valence-corrected chi connectivity index (χ1v) is 11.2. The number of anilines is 3. The topological polar surface area (TPSA) is 99.4 Å². The molecule has 0 aliphatic carbocycles. The smallest absolute Gasteiger partial charge is 0.253 e. The van der Waals surface area contributed by atoms with E-state index in [9.17, 15) is 13.6 Å². The number of halogens is 2. The second kappa shape index (κ2) is 9.32. The van der Waals surface area contributed by atoms with Gasteiger partial charge in [-0.05, 0) is 49.2 Å². The van der Waals surface area contributed by atoms with E-state index in [0.717, 1.165) is 42.4 Å². The molecule has 3 heterocycles. The number of nitrogens with zero attached hydrogens (tertiary/aromatic N) is 4. The molecule has 3 aromatic rings. The lowest BCUT2D eigenvalue weighted by Crippen LogP contribution is -2.45. The van der Waals surface area contributed by atoms with Gasteiger partial charge in [0, 0.05) is 67.0 Å². The zero-order valence-electron chi connectivity index (χ0n) is 18.5. The number of likely N-dealkylation sites (tertiary alicyclic amines) is 1. The van der Waals surface area contributed by atoms with Gasteiger partial charge in [-0.3, -0.25) is 15.5 Å². The van der Waals surface area contributed by atoms with Crippen molar-refractivity contribution in [3.05, 3.63) is 77.1 Å². The Morgan fingerprint density at radius 1 is 1.00 bits per heavy atom. The summed E-state index contributed by atoms with van der Waals surface area (Å²) in [6, 6.07) is 10.7. The summed E-state index contributed by atoms with van der Waals surface area (Å²) in [5, 5.41) is 2.87. The predicted molar refractivity (Wildman–Crippen MR) is 124 cm³/mol. The predicted octanol–water partition coefficient (Wildman–Crippen LogP) is 3.40. The normalized spacial score (nSPS) is 16.4. The summed E-state index contributed by atoms with van der Waals surface area (Å²) in [6.45, 7) is 2.81. The van der Waals surface area contributed by atoms with E-state index in [1.54, 1.807) is 30.5 Å². The fourth-order valence-electron chi connectivity index (χ4n) is 4.58. The van der Waals surface area contributed by atoms with Gasteiger partial charge in [0.2, 0.25) is 5.95 Å². The maximum absolute atomic E-state index is 13.5. The zero-order valence-corrected chi connectivity index (χ0v) is 18.5. The summed E-state index contributed by atoms with van der Waals surface area (Å²) < 4.78 is 26.9. The Morgan fingerprint density at radius 2 is 1.71 bits per heavy atom. The molecule has 1 fully saturated rings. The number of hydrazine groups is 1. The van der Waals surface area contributed by atoms with Crippen molar-refractivity contribution in [2.75, 3.05) is 23.8 Å². The van der Waals surface area contributed by atoms with Crippen LogP contribution in [-0.4, -0.2) is 44.8 Å². The minimum Gasteiger partial charge on any atom is -0.339 e. The summed E-state index contributed by atoms with van der Waals surface area (Å²) in [4.78, 5) is 25.9. The molecule has 10 heteroatoms. The Balaban J connectivity index is 1.18. The second-order valence-electron chi connectivity index (χ2n) is 8.60. The molecule has 176 valence electrons. The Morgan fingerprint density at radius 3 is 2.38 bits per heavy atom. The molecule has 0 bridgehead atoms. The highest BCUT2D eigenvalue weighted by Crippen LogP contribution is 2.29. The van der Waals surface area contributed by atoms with Crippen molar-refractivity contribution in [2.24, 2.45) is 5.84 Å². The van der Waals surface area contributed by atoms with Crippen LogP contribution in [0.15, 0.2) is 48.7 Å². The molecule has 0 radical (unpaired) electrons. The van der Waals surface area contributed by atoms with Crippen molar-refractivity contribution in [3.63, 3.8) is 0 Å². The van der Waals surface area contributed by atoms with Crippen LogP contribution in [0.4, 0.5) is 26.1 Å². The number of carbonyl (C=O) groups is 1. The van der Waals surface area contributed by atoms with E-state index in [1.165, 1.54) is 12.1 Å². The van der Waals surface area contributed by atoms with Gasteiger partial charge in [-0.25, -0.2) is 18.7 Å². The van der Waals surface area contributed by atoms with Crippen molar-refractivity contribution in [2.45, 2.75) is 32.0 Å². The molecule has 1 amide bonds. The number of fused-ring (bicyclic) bond motifs is 1. The Kier molecular flexibility index (Phi) is 6.08. The van der Waals surface area contributed by atoms with Gasteiger partial charge in [0.05, 0.1) is 5.69 Å². The number of nitrogen functional groups attached to an aromatic ring is 1. The van der Waals surface area contributed by atoms with Gasteiger partial charge in [-0.15, -0.1) is 0 Å². The van der Waals surface area contributed by atoms with Crippen molar-refractivity contribution < 1.29 is 13.6 Å². The zero-order chi connectivity index (χ0) is 23.7. The molecule has 2 aromatic carbocycles. The maximum Gasteiger partial charge on any atom is 0.253 e. The lowest BCUT2D eigenvalue weighted by Gasteiger charge is -2.36. The first kappa shape index (κ1) is 22.2. The van der Waals surface area contributed by atoms with Crippen LogP contribution in [0.2, 0.25) is 0 Å². The van der Waals surface area contributed by atoms with Crippen molar-refractivity contribution >= 4 is 23.2 Å². The number of hydrogen-bond donors (Lipinski definition) is 3. The molecule has 0 saturated carbocycles. The molecule has 1 aromatic heterocycles.